The standard InChI is InChI=1S/C16H25NS/c1-12-4-9-16(13(2)10-12)17-11-14-5-7-15(18-3)8-6-14/h5-8,12-13,16-17H,4,9-11H2,1-3H3. The van der Waals surface area contributed by atoms with E-state index in [1.807, 2.05) is 0 Å². The molecule has 0 aromatic heterocycles. The van der Waals surface area contributed by atoms with E-state index in [-0.39, 0.29) is 0 Å². The van der Waals surface area contributed by atoms with Crippen LogP contribution in [0.25, 0.3) is 0 Å². The zero-order chi connectivity index (χ0) is 13.0. The van der Waals surface area contributed by atoms with Crippen molar-refractivity contribution in [3.8, 4) is 0 Å². The lowest BCUT2D eigenvalue weighted by molar-refractivity contribution is 0.227. The molecule has 100 valence electrons. The van der Waals surface area contributed by atoms with Crippen LogP contribution < -0.4 is 5.32 Å². The molecule has 0 heterocycles. The molecule has 1 nitrogen and oxygen atoms in total. The molecule has 2 rings (SSSR count). The van der Waals surface area contributed by atoms with Gasteiger partial charge in [0.05, 0.1) is 0 Å². The van der Waals surface area contributed by atoms with Crippen LogP contribution in [0.3, 0.4) is 0 Å². The summed E-state index contributed by atoms with van der Waals surface area (Å²) in [7, 11) is 0. The average Bonchev–Trinajstić information content (AvgIpc) is 2.38. The Morgan fingerprint density at radius 3 is 2.50 bits per heavy atom. The van der Waals surface area contributed by atoms with E-state index >= 15 is 0 Å². The Labute approximate surface area is 116 Å². The van der Waals surface area contributed by atoms with Crippen molar-refractivity contribution in [2.75, 3.05) is 6.26 Å². The monoisotopic (exact) mass is 263 g/mol. The van der Waals surface area contributed by atoms with Crippen molar-refractivity contribution in [3.63, 3.8) is 0 Å². The number of hydrogen-bond donors (Lipinski definition) is 1. The van der Waals surface area contributed by atoms with Crippen LogP contribution in [0.15, 0.2) is 29.2 Å². The minimum absolute atomic E-state index is 0.710. The first-order valence-corrected chi connectivity index (χ1v) is 8.28. The Morgan fingerprint density at radius 2 is 1.89 bits per heavy atom. The van der Waals surface area contributed by atoms with Gasteiger partial charge in [0, 0.05) is 17.5 Å². The zero-order valence-corrected chi connectivity index (χ0v) is 12.6. The molecule has 3 unspecified atom stereocenters. The van der Waals surface area contributed by atoms with E-state index < -0.39 is 0 Å². The summed E-state index contributed by atoms with van der Waals surface area (Å²) in [6.45, 7) is 5.79. The molecular formula is C16H25NS. The summed E-state index contributed by atoms with van der Waals surface area (Å²) in [5.74, 6) is 1.73. The summed E-state index contributed by atoms with van der Waals surface area (Å²) in [5, 5.41) is 3.74. The third-order valence-electron chi connectivity index (χ3n) is 4.16. The Kier molecular flexibility index (Phi) is 5.13. The number of rotatable bonds is 4. The highest BCUT2D eigenvalue weighted by Crippen LogP contribution is 2.28. The van der Waals surface area contributed by atoms with Crippen LogP contribution in [0.1, 0.15) is 38.7 Å². The third kappa shape index (κ3) is 3.76. The molecule has 18 heavy (non-hydrogen) atoms. The smallest absolute Gasteiger partial charge is 0.0208 e. The Balaban J connectivity index is 1.83. The maximum Gasteiger partial charge on any atom is 0.0208 e. The molecule has 1 fully saturated rings. The van der Waals surface area contributed by atoms with E-state index in [4.69, 9.17) is 0 Å². The van der Waals surface area contributed by atoms with Gasteiger partial charge in [0.25, 0.3) is 0 Å². The van der Waals surface area contributed by atoms with E-state index in [1.165, 1.54) is 29.7 Å². The number of nitrogens with one attached hydrogen (secondary N) is 1. The highest BCUT2D eigenvalue weighted by Gasteiger charge is 2.24. The van der Waals surface area contributed by atoms with Gasteiger partial charge in [-0.05, 0) is 55.1 Å². The van der Waals surface area contributed by atoms with E-state index in [1.54, 1.807) is 11.8 Å². The highest BCUT2D eigenvalue weighted by molar-refractivity contribution is 7.98. The highest BCUT2D eigenvalue weighted by atomic mass is 32.2. The van der Waals surface area contributed by atoms with E-state index in [9.17, 15) is 0 Å². The fourth-order valence-electron chi connectivity index (χ4n) is 2.96. The largest absolute Gasteiger partial charge is 0.310 e. The topological polar surface area (TPSA) is 12.0 Å². The van der Waals surface area contributed by atoms with E-state index in [0.717, 1.165) is 18.4 Å². The Hall–Kier alpha value is -0.470. The van der Waals surface area contributed by atoms with Crippen LogP contribution in [0.5, 0.6) is 0 Å². The summed E-state index contributed by atoms with van der Waals surface area (Å²) < 4.78 is 0. The minimum Gasteiger partial charge on any atom is -0.310 e. The fourth-order valence-corrected chi connectivity index (χ4v) is 3.37. The van der Waals surface area contributed by atoms with Gasteiger partial charge in [0.15, 0.2) is 0 Å². The summed E-state index contributed by atoms with van der Waals surface area (Å²) >= 11 is 1.80. The molecule has 1 aliphatic rings. The molecule has 1 aromatic rings. The van der Waals surface area contributed by atoms with Gasteiger partial charge in [-0.25, -0.2) is 0 Å². The average molecular weight is 263 g/mol. The Morgan fingerprint density at radius 1 is 1.17 bits per heavy atom. The summed E-state index contributed by atoms with van der Waals surface area (Å²) in [4.78, 5) is 1.35. The molecule has 1 aliphatic carbocycles. The second-order valence-corrected chi connectivity index (χ2v) is 6.61. The van der Waals surface area contributed by atoms with E-state index in [2.05, 4.69) is 49.7 Å². The number of thioether (sulfide) groups is 1. The van der Waals surface area contributed by atoms with Crippen molar-refractivity contribution in [1.82, 2.24) is 5.32 Å². The van der Waals surface area contributed by atoms with Gasteiger partial charge in [-0.15, -0.1) is 11.8 Å². The predicted molar refractivity (Wildman–Crippen MR) is 81.0 cm³/mol. The number of benzene rings is 1. The molecular weight excluding hydrogens is 238 g/mol. The first kappa shape index (κ1) is 14.0. The first-order valence-electron chi connectivity index (χ1n) is 7.05. The SMILES string of the molecule is CSc1ccc(CNC2CCC(C)CC2C)cc1. The quantitative estimate of drug-likeness (QED) is 0.812. The second-order valence-electron chi connectivity index (χ2n) is 5.73. The van der Waals surface area contributed by atoms with Crippen LogP contribution in [0, 0.1) is 11.8 Å². The normalized spacial score (nSPS) is 28.3. The van der Waals surface area contributed by atoms with Crippen molar-refractivity contribution >= 4 is 11.8 Å². The Bertz CT molecular complexity index is 360. The van der Waals surface area contributed by atoms with Crippen LogP contribution in [-0.4, -0.2) is 12.3 Å². The molecule has 0 amide bonds. The molecule has 0 spiro atoms. The lowest BCUT2D eigenvalue weighted by Crippen LogP contribution is -2.38. The zero-order valence-electron chi connectivity index (χ0n) is 11.8. The molecule has 1 aromatic carbocycles. The maximum atomic E-state index is 3.74. The maximum absolute atomic E-state index is 3.74. The molecule has 2 heteroatoms. The fraction of sp³-hybridized carbons (Fsp3) is 0.625. The summed E-state index contributed by atoms with van der Waals surface area (Å²) in [6, 6.07) is 9.63. The molecule has 1 N–H and O–H groups in total. The number of hydrogen-bond acceptors (Lipinski definition) is 2. The van der Waals surface area contributed by atoms with Crippen molar-refractivity contribution in [3.05, 3.63) is 29.8 Å². The summed E-state index contributed by atoms with van der Waals surface area (Å²) in [5.41, 5.74) is 1.40. The molecule has 1 saturated carbocycles. The molecule has 3 atom stereocenters. The third-order valence-corrected chi connectivity index (χ3v) is 4.90. The van der Waals surface area contributed by atoms with Crippen molar-refractivity contribution in [1.29, 1.82) is 0 Å². The van der Waals surface area contributed by atoms with Gasteiger partial charge >= 0.3 is 0 Å². The summed E-state index contributed by atoms with van der Waals surface area (Å²) in [6.07, 6.45) is 6.22. The van der Waals surface area contributed by atoms with Crippen molar-refractivity contribution in [2.24, 2.45) is 11.8 Å². The molecule has 0 radical (unpaired) electrons. The van der Waals surface area contributed by atoms with Crippen molar-refractivity contribution < 1.29 is 0 Å². The first-order chi connectivity index (χ1) is 8.69. The van der Waals surface area contributed by atoms with Crippen LogP contribution in [0.2, 0.25) is 0 Å². The van der Waals surface area contributed by atoms with Crippen LogP contribution >= 0.6 is 11.8 Å². The molecule has 0 aliphatic heterocycles. The van der Waals surface area contributed by atoms with Crippen molar-refractivity contribution in [2.45, 2.75) is 50.6 Å². The minimum atomic E-state index is 0.710. The predicted octanol–water partition coefficient (Wildman–Crippen LogP) is 4.32. The lowest BCUT2D eigenvalue weighted by Gasteiger charge is -2.33. The van der Waals surface area contributed by atoms with Gasteiger partial charge in [-0.3, -0.25) is 0 Å². The second kappa shape index (κ2) is 6.63. The molecule has 0 bridgehead atoms. The van der Waals surface area contributed by atoms with Gasteiger partial charge < -0.3 is 5.32 Å². The lowest BCUT2D eigenvalue weighted by atomic mass is 9.80. The van der Waals surface area contributed by atoms with Gasteiger partial charge in [0.1, 0.15) is 0 Å². The van der Waals surface area contributed by atoms with E-state index in [0.29, 0.717) is 6.04 Å². The van der Waals surface area contributed by atoms with Gasteiger partial charge in [-0.2, -0.15) is 0 Å². The van der Waals surface area contributed by atoms with Crippen LogP contribution in [0.4, 0.5) is 0 Å². The molecule has 0 saturated heterocycles. The van der Waals surface area contributed by atoms with Gasteiger partial charge in [0.2, 0.25) is 0 Å². The van der Waals surface area contributed by atoms with Crippen LogP contribution in [-0.2, 0) is 6.54 Å². The van der Waals surface area contributed by atoms with Gasteiger partial charge in [-0.1, -0.05) is 26.0 Å².